The molecule has 2 aromatic rings. The quantitative estimate of drug-likeness (QED) is 0.824. The number of phenols is 1. The third-order valence-electron chi connectivity index (χ3n) is 2.49. The van der Waals surface area contributed by atoms with Crippen LogP contribution in [0.15, 0.2) is 58.3 Å². The van der Waals surface area contributed by atoms with Crippen LogP contribution in [0, 0.1) is 0 Å². The van der Waals surface area contributed by atoms with Gasteiger partial charge in [-0.3, -0.25) is 4.72 Å². The average Bonchev–Trinajstić information content (AvgIpc) is 2.41. The Bertz CT molecular complexity index is 762. The standard InChI is InChI=1S/C13H10F3NO3S2/c14-13(15,16)22(19,20)17-11-7-6-9(18)8-12(11)21-10-4-2-1-3-5-10/h1-8,17-18H. The fraction of sp³-hybridized carbons (Fsp3) is 0.0769. The second-order valence-corrected chi connectivity index (χ2v) is 6.94. The summed E-state index contributed by atoms with van der Waals surface area (Å²) < 4.78 is 61.2. The van der Waals surface area contributed by atoms with Gasteiger partial charge >= 0.3 is 15.5 Å². The van der Waals surface area contributed by atoms with Crippen LogP contribution >= 0.6 is 11.8 Å². The van der Waals surface area contributed by atoms with E-state index in [1.165, 1.54) is 10.8 Å². The van der Waals surface area contributed by atoms with Gasteiger partial charge in [0.05, 0.1) is 5.69 Å². The smallest absolute Gasteiger partial charge is 0.508 e. The molecule has 2 N–H and O–H groups in total. The molecule has 0 aliphatic carbocycles. The second kappa shape index (κ2) is 6.09. The fourth-order valence-electron chi connectivity index (χ4n) is 1.50. The number of aromatic hydroxyl groups is 1. The summed E-state index contributed by atoms with van der Waals surface area (Å²) in [4.78, 5) is 0.833. The van der Waals surface area contributed by atoms with Gasteiger partial charge in [-0.1, -0.05) is 30.0 Å². The molecule has 4 nitrogen and oxygen atoms in total. The van der Waals surface area contributed by atoms with E-state index in [2.05, 4.69) is 0 Å². The summed E-state index contributed by atoms with van der Waals surface area (Å²) in [7, 11) is -5.52. The maximum Gasteiger partial charge on any atom is 0.516 e. The van der Waals surface area contributed by atoms with Crippen LogP contribution < -0.4 is 4.72 Å². The molecule has 0 unspecified atom stereocenters. The summed E-state index contributed by atoms with van der Waals surface area (Å²) in [5.41, 5.74) is -5.68. The Kier molecular flexibility index (Phi) is 4.57. The Morgan fingerprint density at radius 1 is 1.05 bits per heavy atom. The minimum Gasteiger partial charge on any atom is -0.508 e. The van der Waals surface area contributed by atoms with Gasteiger partial charge in [0.2, 0.25) is 0 Å². The number of alkyl halides is 3. The van der Waals surface area contributed by atoms with Crippen molar-refractivity contribution in [1.82, 2.24) is 0 Å². The normalized spacial score (nSPS) is 12.1. The minimum absolute atomic E-state index is 0.152. The van der Waals surface area contributed by atoms with E-state index in [1.807, 2.05) is 0 Å². The highest BCUT2D eigenvalue weighted by Gasteiger charge is 2.46. The van der Waals surface area contributed by atoms with Crippen LogP contribution in [0.4, 0.5) is 18.9 Å². The van der Waals surface area contributed by atoms with E-state index in [-0.39, 0.29) is 16.3 Å². The van der Waals surface area contributed by atoms with Crippen molar-refractivity contribution in [3.05, 3.63) is 48.5 Å². The van der Waals surface area contributed by atoms with Crippen LogP contribution in [-0.4, -0.2) is 19.0 Å². The van der Waals surface area contributed by atoms with Gasteiger partial charge in [0.25, 0.3) is 0 Å². The third kappa shape index (κ3) is 3.86. The molecule has 0 saturated carbocycles. The summed E-state index contributed by atoms with van der Waals surface area (Å²) in [6, 6.07) is 12.0. The van der Waals surface area contributed by atoms with Gasteiger partial charge < -0.3 is 5.11 Å². The van der Waals surface area contributed by atoms with E-state index in [0.29, 0.717) is 4.90 Å². The molecule has 0 radical (unpaired) electrons. The lowest BCUT2D eigenvalue weighted by molar-refractivity contribution is -0.0429. The molecule has 0 amide bonds. The molecule has 2 rings (SSSR count). The molecule has 0 aromatic heterocycles. The molecule has 0 aliphatic rings. The molecule has 0 atom stereocenters. The zero-order valence-electron chi connectivity index (χ0n) is 10.8. The van der Waals surface area contributed by atoms with Gasteiger partial charge in [-0.25, -0.2) is 0 Å². The highest BCUT2D eigenvalue weighted by atomic mass is 32.2. The summed E-state index contributed by atoms with van der Waals surface area (Å²) in [5, 5.41) is 9.46. The SMILES string of the molecule is O=S(=O)(Nc1ccc(O)cc1Sc1ccccc1)C(F)(F)F. The Morgan fingerprint density at radius 3 is 2.27 bits per heavy atom. The van der Waals surface area contributed by atoms with Crippen molar-refractivity contribution in [3.8, 4) is 5.75 Å². The largest absolute Gasteiger partial charge is 0.516 e. The topological polar surface area (TPSA) is 66.4 Å². The molecule has 2 aromatic carbocycles. The molecule has 0 aliphatic heterocycles. The van der Waals surface area contributed by atoms with Crippen molar-refractivity contribution in [2.24, 2.45) is 0 Å². The fourth-order valence-corrected chi connectivity index (χ4v) is 3.10. The van der Waals surface area contributed by atoms with E-state index in [0.717, 1.165) is 23.9 Å². The van der Waals surface area contributed by atoms with Crippen molar-refractivity contribution in [2.75, 3.05) is 4.72 Å². The van der Waals surface area contributed by atoms with Gasteiger partial charge in [-0.05, 0) is 30.3 Å². The molecular formula is C13H10F3NO3S2. The van der Waals surface area contributed by atoms with Gasteiger partial charge in [-0.2, -0.15) is 21.6 Å². The molecule has 0 spiro atoms. The predicted octanol–water partition coefficient (Wildman–Crippen LogP) is 3.80. The second-order valence-electron chi connectivity index (χ2n) is 4.15. The van der Waals surface area contributed by atoms with Crippen molar-refractivity contribution in [1.29, 1.82) is 0 Å². The number of nitrogens with one attached hydrogen (secondary N) is 1. The van der Waals surface area contributed by atoms with Gasteiger partial charge in [-0.15, -0.1) is 0 Å². The summed E-state index contributed by atoms with van der Waals surface area (Å²) in [5.74, 6) is -0.187. The average molecular weight is 349 g/mol. The van der Waals surface area contributed by atoms with E-state index in [1.54, 1.807) is 30.3 Å². The Balaban J connectivity index is 2.37. The molecule has 9 heteroatoms. The van der Waals surface area contributed by atoms with Crippen LogP contribution in [0.3, 0.4) is 0 Å². The van der Waals surface area contributed by atoms with E-state index < -0.39 is 15.5 Å². The van der Waals surface area contributed by atoms with Crippen molar-refractivity contribution in [3.63, 3.8) is 0 Å². The first-order valence-corrected chi connectivity index (χ1v) is 8.14. The number of hydrogen-bond acceptors (Lipinski definition) is 4. The van der Waals surface area contributed by atoms with E-state index in [9.17, 15) is 26.7 Å². The first-order chi connectivity index (χ1) is 10.2. The van der Waals surface area contributed by atoms with Crippen LogP contribution in [0.5, 0.6) is 5.75 Å². The van der Waals surface area contributed by atoms with Crippen molar-refractivity contribution in [2.45, 2.75) is 15.3 Å². The number of sulfonamides is 1. The van der Waals surface area contributed by atoms with E-state index in [4.69, 9.17) is 0 Å². The lowest BCUT2D eigenvalue weighted by Gasteiger charge is -2.14. The summed E-state index contributed by atoms with van der Waals surface area (Å²) >= 11 is 1.03. The highest BCUT2D eigenvalue weighted by Crippen LogP contribution is 2.37. The Morgan fingerprint density at radius 2 is 1.68 bits per heavy atom. The van der Waals surface area contributed by atoms with Crippen LogP contribution in [0.25, 0.3) is 0 Å². The maximum atomic E-state index is 12.5. The zero-order chi connectivity index (χ0) is 16.4. The number of benzene rings is 2. The first kappa shape index (κ1) is 16.5. The van der Waals surface area contributed by atoms with Crippen molar-refractivity contribution >= 4 is 27.5 Å². The number of rotatable bonds is 4. The number of anilines is 1. The lowest BCUT2D eigenvalue weighted by atomic mass is 10.3. The monoisotopic (exact) mass is 349 g/mol. The molecular weight excluding hydrogens is 339 g/mol. The Labute approximate surface area is 129 Å². The molecule has 0 heterocycles. The third-order valence-corrected chi connectivity index (χ3v) is 4.65. The molecule has 118 valence electrons. The minimum atomic E-state index is -5.52. The molecule has 0 saturated heterocycles. The predicted molar refractivity (Wildman–Crippen MR) is 77.3 cm³/mol. The van der Waals surface area contributed by atoms with Crippen LogP contribution in [0.1, 0.15) is 0 Å². The number of halogens is 3. The van der Waals surface area contributed by atoms with Gasteiger partial charge in [0, 0.05) is 9.79 Å². The summed E-state index contributed by atoms with van der Waals surface area (Å²) in [6.07, 6.45) is 0. The zero-order valence-corrected chi connectivity index (χ0v) is 12.5. The van der Waals surface area contributed by atoms with Crippen LogP contribution in [-0.2, 0) is 10.0 Å². The summed E-state index contributed by atoms with van der Waals surface area (Å²) in [6.45, 7) is 0. The lowest BCUT2D eigenvalue weighted by Crippen LogP contribution is -2.30. The van der Waals surface area contributed by atoms with Crippen LogP contribution in [0.2, 0.25) is 0 Å². The molecule has 0 bridgehead atoms. The Hall–Kier alpha value is -1.87. The van der Waals surface area contributed by atoms with Crippen molar-refractivity contribution < 1.29 is 26.7 Å². The van der Waals surface area contributed by atoms with Gasteiger partial charge in [0.1, 0.15) is 5.75 Å². The maximum absolute atomic E-state index is 12.5. The molecule has 0 fully saturated rings. The highest BCUT2D eigenvalue weighted by molar-refractivity contribution is 7.99. The van der Waals surface area contributed by atoms with Gasteiger partial charge in [0.15, 0.2) is 0 Å². The number of hydrogen-bond donors (Lipinski definition) is 2. The first-order valence-electron chi connectivity index (χ1n) is 5.84. The number of phenolic OH excluding ortho intramolecular Hbond substituents is 1. The molecule has 22 heavy (non-hydrogen) atoms. The van der Waals surface area contributed by atoms with E-state index >= 15 is 0 Å².